The van der Waals surface area contributed by atoms with Crippen molar-refractivity contribution in [2.45, 2.75) is 50.7 Å². The van der Waals surface area contributed by atoms with E-state index in [9.17, 15) is 18.8 Å². The number of hydrogen-bond acceptors (Lipinski definition) is 4. The molecule has 0 radical (unpaired) electrons. The molecule has 2 saturated heterocycles. The summed E-state index contributed by atoms with van der Waals surface area (Å²) in [4.78, 5) is 42.9. The number of amides is 4. The van der Waals surface area contributed by atoms with Gasteiger partial charge in [0.05, 0.1) is 0 Å². The molecule has 3 fully saturated rings. The standard InChI is InChI=1S/C28H32FN3O4/c1-19(36-24-5-3-2-4-6-24)25(33)31-15-13-22(14-16-31)28(17-20-9-11-23(29)12-10-20)26(34)32(27(35)30-28)18-21-7-8-21/h2-6,9-12,19,21-22H,7-8,13-18H2,1H3,(H,30,35)/t19-,28-/m0/s1. The fraction of sp³-hybridized carbons (Fsp3) is 0.464. The molecule has 2 aromatic carbocycles. The van der Waals surface area contributed by atoms with Gasteiger partial charge in [0.1, 0.15) is 17.1 Å². The van der Waals surface area contributed by atoms with Crippen LogP contribution in [0.3, 0.4) is 0 Å². The lowest BCUT2D eigenvalue weighted by Gasteiger charge is -2.41. The molecule has 0 aromatic heterocycles. The molecule has 2 heterocycles. The summed E-state index contributed by atoms with van der Waals surface area (Å²) in [6.07, 6.45) is 2.89. The second-order valence-electron chi connectivity index (χ2n) is 10.2. The lowest BCUT2D eigenvalue weighted by Crippen LogP contribution is -2.58. The van der Waals surface area contributed by atoms with Crippen LogP contribution in [-0.4, -0.2) is 58.9 Å². The number of urea groups is 1. The molecule has 190 valence electrons. The van der Waals surface area contributed by atoms with E-state index in [1.54, 1.807) is 24.0 Å². The molecule has 8 heteroatoms. The number of imide groups is 1. The third-order valence-electron chi connectivity index (χ3n) is 7.64. The van der Waals surface area contributed by atoms with Gasteiger partial charge in [-0.25, -0.2) is 9.18 Å². The Balaban J connectivity index is 1.30. The van der Waals surface area contributed by atoms with Crippen LogP contribution in [0.5, 0.6) is 5.75 Å². The predicted octanol–water partition coefficient (Wildman–Crippen LogP) is 3.77. The maximum Gasteiger partial charge on any atom is 0.325 e. The molecule has 1 aliphatic carbocycles. The van der Waals surface area contributed by atoms with Crippen LogP contribution in [-0.2, 0) is 16.0 Å². The van der Waals surface area contributed by atoms with E-state index < -0.39 is 11.6 Å². The second-order valence-corrected chi connectivity index (χ2v) is 10.2. The van der Waals surface area contributed by atoms with Gasteiger partial charge in [-0.05, 0) is 74.3 Å². The number of para-hydroxylation sites is 1. The van der Waals surface area contributed by atoms with Crippen LogP contribution in [0.25, 0.3) is 0 Å². The van der Waals surface area contributed by atoms with Crippen molar-refractivity contribution in [1.82, 2.24) is 15.1 Å². The van der Waals surface area contributed by atoms with Crippen molar-refractivity contribution >= 4 is 17.8 Å². The zero-order valence-corrected chi connectivity index (χ0v) is 20.5. The van der Waals surface area contributed by atoms with E-state index >= 15 is 0 Å². The highest BCUT2D eigenvalue weighted by atomic mass is 19.1. The first-order valence-electron chi connectivity index (χ1n) is 12.7. The van der Waals surface area contributed by atoms with Crippen molar-refractivity contribution in [2.24, 2.45) is 11.8 Å². The average molecular weight is 494 g/mol. The van der Waals surface area contributed by atoms with Gasteiger partial charge in [0.2, 0.25) is 0 Å². The molecule has 1 saturated carbocycles. The molecule has 2 aromatic rings. The van der Waals surface area contributed by atoms with E-state index in [4.69, 9.17) is 4.74 Å². The summed E-state index contributed by atoms with van der Waals surface area (Å²) in [5.74, 6) is 0.242. The number of nitrogens with zero attached hydrogens (tertiary/aromatic N) is 2. The number of ether oxygens (including phenoxy) is 1. The number of rotatable bonds is 8. The molecule has 5 rings (SSSR count). The minimum absolute atomic E-state index is 0.0953. The highest BCUT2D eigenvalue weighted by Gasteiger charge is 2.56. The second kappa shape index (κ2) is 9.91. The van der Waals surface area contributed by atoms with Gasteiger partial charge in [-0.2, -0.15) is 0 Å². The molecule has 2 aliphatic heterocycles. The minimum atomic E-state index is -1.09. The summed E-state index contributed by atoms with van der Waals surface area (Å²) in [6, 6.07) is 15.0. The Morgan fingerprint density at radius 2 is 1.72 bits per heavy atom. The van der Waals surface area contributed by atoms with E-state index in [0.717, 1.165) is 18.4 Å². The van der Waals surface area contributed by atoms with E-state index in [1.807, 2.05) is 30.3 Å². The maximum absolute atomic E-state index is 13.8. The quantitative estimate of drug-likeness (QED) is 0.568. The van der Waals surface area contributed by atoms with Crippen LogP contribution in [0, 0.1) is 17.7 Å². The number of benzene rings is 2. The van der Waals surface area contributed by atoms with Crippen LogP contribution in [0.4, 0.5) is 9.18 Å². The van der Waals surface area contributed by atoms with Crippen molar-refractivity contribution in [3.8, 4) is 5.75 Å². The number of hydrogen-bond donors (Lipinski definition) is 1. The monoisotopic (exact) mass is 493 g/mol. The lowest BCUT2D eigenvalue weighted by atomic mass is 9.73. The largest absolute Gasteiger partial charge is 0.481 e. The summed E-state index contributed by atoms with van der Waals surface area (Å²) < 4.78 is 19.3. The molecule has 1 N–H and O–H groups in total. The van der Waals surface area contributed by atoms with Gasteiger partial charge in [-0.3, -0.25) is 14.5 Å². The van der Waals surface area contributed by atoms with E-state index in [-0.39, 0.29) is 29.6 Å². The van der Waals surface area contributed by atoms with E-state index in [2.05, 4.69) is 5.32 Å². The third kappa shape index (κ3) is 4.94. The van der Waals surface area contributed by atoms with Gasteiger partial charge in [-0.15, -0.1) is 0 Å². The molecular formula is C28H32FN3O4. The highest BCUT2D eigenvalue weighted by molar-refractivity contribution is 6.07. The van der Waals surface area contributed by atoms with E-state index in [0.29, 0.717) is 50.6 Å². The van der Waals surface area contributed by atoms with E-state index in [1.165, 1.54) is 17.0 Å². The number of nitrogens with one attached hydrogen (secondary N) is 1. The highest BCUT2D eigenvalue weighted by Crippen LogP contribution is 2.39. The molecule has 0 unspecified atom stereocenters. The zero-order chi connectivity index (χ0) is 25.3. The van der Waals surface area contributed by atoms with Crippen LogP contribution < -0.4 is 10.1 Å². The molecule has 0 spiro atoms. The third-order valence-corrected chi connectivity index (χ3v) is 7.64. The SMILES string of the molecule is C[C@H](Oc1ccccc1)C(=O)N1CCC([C@]2(Cc3ccc(F)cc3)NC(=O)N(CC3CC3)C2=O)CC1. The lowest BCUT2D eigenvalue weighted by molar-refractivity contribution is -0.140. The van der Waals surface area contributed by atoms with Crippen molar-refractivity contribution in [1.29, 1.82) is 0 Å². The fourth-order valence-corrected chi connectivity index (χ4v) is 5.44. The van der Waals surface area contributed by atoms with Crippen LogP contribution in [0.15, 0.2) is 54.6 Å². The molecular weight excluding hydrogens is 461 g/mol. The maximum atomic E-state index is 13.8. The molecule has 4 amide bonds. The average Bonchev–Trinajstić information content (AvgIpc) is 3.68. The molecule has 36 heavy (non-hydrogen) atoms. The molecule has 0 bridgehead atoms. The number of piperidine rings is 1. The van der Waals surface area contributed by atoms with Crippen molar-refractivity contribution in [2.75, 3.05) is 19.6 Å². The topological polar surface area (TPSA) is 79.0 Å². The van der Waals surface area contributed by atoms with Crippen LogP contribution in [0.2, 0.25) is 0 Å². The predicted molar refractivity (Wildman–Crippen MR) is 132 cm³/mol. The first-order valence-corrected chi connectivity index (χ1v) is 12.7. The Hall–Kier alpha value is -3.42. The minimum Gasteiger partial charge on any atom is -0.481 e. The smallest absolute Gasteiger partial charge is 0.325 e. The molecule has 2 atom stereocenters. The van der Waals surface area contributed by atoms with Gasteiger partial charge in [0, 0.05) is 26.1 Å². The fourth-order valence-electron chi connectivity index (χ4n) is 5.44. The summed E-state index contributed by atoms with van der Waals surface area (Å²) in [7, 11) is 0. The summed E-state index contributed by atoms with van der Waals surface area (Å²) >= 11 is 0. The van der Waals surface area contributed by atoms with Gasteiger partial charge in [-0.1, -0.05) is 30.3 Å². The van der Waals surface area contributed by atoms with Crippen molar-refractivity contribution in [3.05, 3.63) is 66.0 Å². The van der Waals surface area contributed by atoms with Crippen LogP contribution in [0.1, 0.15) is 38.2 Å². The number of likely N-dealkylation sites (tertiary alicyclic amines) is 1. The summed E-state index contributed by atoms with van der Waals surface area (Å²) in [5.41, 5.74) is -0.299. The first kappa shape index (κ1) is 24.3. The Morgan fingerprint density at radius 3 is 2.36 bits per heavy atom. The van der Waals surface area contributed by atoms with Crippen molar-refractivity contribution in [3.63, 3.8) is 0 Å². The van der Waals surface area contributed by atoms with Gasteiger partial charge >= 0.3 is 6.03 Å². The number of halogens is 1. The Bertz CT molecular complexity index is 1110. The molecule has 7 nitrogen and oxygen atoms in total. The van der Waals surface area contributed by atoms with Gasteiger partial charge in [0.25, 0.3) is 11.8 Å². The Kier molecular flexibility index (Phi) is 6.69. The summed E-state index contributed by atoms with van der Waals surface area (Å²) in [5, 5.41) is 3.05. The summed E-state index contributed by atoms with van der Waals surface area (Å²) in [6.45, 7) is 3.14. The Morgan fingerprint density at radius 1 is 1.06 bits per heavy atom. The first-order chi connectivity index (χ1) is 17.4. The zero-order valence-electron chi connectivity index (χ0n) is 20.5. The van der Waals surface area contributed by atoms with Gasteiger partial charge < -0.3 is 15.0 Å². The number of carbonyl (C=O) groups is 3. The van der Waals surface area contributed by atoms with Gasteiger partial charge in [0.15, 0.2) is 6.10 Å². The normalized spacial score (nSPS) is 23.5. The Labute approximate surface area is 210 Å². The molecule has 3 aliphatic rings. The number of carbonyl (C=O) groups excluding carboxylic acids is 3. The van der Waals surface area contributed by atoms with Crippen LogP contribution >= 0.6 is 0 Å². The van der Waals surface area contributed by atoms with Crippen molar-refractivity contribution < 1.29 is 23.5 Å².